The molecule has 0 aromatic carbocycles. The summed E-state index contributed by atoms with van der Waals surface area (Å²) in [5.74, 6) is -0.353. The third-order valence-corrected chi connectivity index (χ3v) is 4.67. The Morgan fingerprint density at radius 1 is 1.43 bits per heavy atom. The van der Waals surface area contributed by atoms with Crippen LogP contribution in [0.5, 0.6) is 0 Å². The molecule has 0 fully saturated rings. The molecule has 23 heavy (non-hydrogen) atoms. The monoisotopic (exact) mass is 329 g/mol. The van der Waals surface area contributed by atoms with Crippen LogP contribution in [0.15, 0.2) is 23.6 Å². The Morgan fingerprint density at radius 3 is 2.91 bits per heavy atom. The Bertz CT molecular complexity index is 837. The number of fused-ring (bicyclic) bond motifs is 1. The van der Waals surface area contributed by atoms with Gasteiger partial charge in [-0.1, -0.05) is 19.4 Å². The van der Waals surface area contributed by atoms with Gasteiger partial charge in [0.2, 0.25) is 0 Å². The number of esters is 1. The largest absolute Gasteiger partial charge is 0.465 e. The predicted octanol–water partition coefficient (Wildman–Crippen LogP) is 4.05. The van der Waals surface area contributed by atoms with Gasteiger partial charge in [-0.15, -0.1) is 11.3 Å². The van der Waals surface area contributed by atoms with E-state index in [4.69, 9.17) is 9.72 Å². The smallest absolute Gasteiger partial charge is 0.338 e. The number of carbonyl (C=O) groups excluding carboxylic acids is 1. The highest BCUT2D eigenvalue weighted by Crippen LogP contribution is 2.30. The highest BCUT2D eigenvalue weighted by molar-refractivity contribution is 7.13. The van der Waals surface area contributed by atoms with Crippen LogP contribution in [0.25, 0.3) is 21.6 Å². The summed E-state index contributed by atoms with van der Waals surface area (Å²) >= 11 is 1.60. The number of unbranched alkanes of at least 4 members (excludes halogenated alkanes) is 1. The molecule has 3 aromatic heterocycles. The standard InChI is InChI=1S/C17H19N3O2S/c1-4-5-8-20-16-15(11(2)19-20)12(17(21)22-3)10-13(18-16)14-7-6-9-23-14/h6-7,9-10H,4-5,8H2,1-3H3. The van der Waals surface area contributed by atoms with E-state index in [1.54, 1.807) is 17.4 Å². The molecule has 0 aliphatic heterocycles. The SMILES string of the molecule is CCCCn1nc(C)c2c(C(=O)OC)cc(-c3cccs3)nc21. The Balaban J connectivity index is 2.26. The fraction of sp³-hybridized carbons (Fsp3) is 0.353. The number of hydrogen-bond acceptors (Lipinski definition) is 5. The lowest BCUT2D eigenvalue weighted by molar-refractivity contribution is 0.0603. The van der Waals surface area contributed by atoms with Gasteiger partial charge in [0, 0.05) is 6.54 Å². The number of pyridine rings is 1. The van der Waals surface area contributed by atoms with Crippen molar-refractivity contribution in [2.45, 2.75) is 33.2 Å². The van der Waals surface area contributed by atoms with E-state index < -0.39 is 0 Å². The van der Waals surface area contributed by atoms with Gasteiger partial charge in [-0.2, -0.15) is 5.10 Å². The Labute approximate surface area is 138 Å². The lowest BCUT2D eigenvalue weighted by Crippen LogP contribution is -2.05. The Morgan fingerprint density at radius 2 is 2.26 bits per heavy atom. The maximum Gasteiger partial charge on any atom is 0.338 e. The number of aryl methyl sites for hydroxylation is 2. The third kappa shape index (κ3) is 2.86. The first-order valence-corrected chi connectivity index (χ1v) is 8.54. The van der Waals surface area contributed by atoms with Crippen molar-refractivity contribution in [2.75, 3.05) is 7.11 Å². The predicted molar refractivity (Wildman–Crippen MR) is 91.8 cm³/mol. The van der Waals surface area contributed by atoms with E-state index in [0.29, 0.717) is 5.56 Å². The van der Waals surface area contributed by atoms with E-state index in [1.165, 1.54) is 7.11 Å². The summed E-state index contributed by atoms with van der Waals surface area (Å²) in [6, 6.07) is 5.78. The Kier molecular flexibility index (Phi) is 4.43. The molecule has 3 rings (SSSR count). The topological polar surface area (TPSA) is 57.0 Å². The number of ether oxygens (including phenoxy) is 1. The van der Waals surface area contributed by atoms with Crippen LogP contribution in [0.4, 0.5) is 0 Å². The van der Waals surface area contributed by atoms with Crippen molar-refractivity contribution in [2.24, 2.45) is 0 Å². The second-order valence-corrected chi connectivity index (χ2v) is 6.33. The molecule has 0 atom stereocenters. The molecule has 0 saturated heterocycles. The third-order valence-electron chi connectivity index (χ3n) is 3.78. The van der Waals surface area contributed by atoms with E-state index in [-0.39, 0.29) is 5.97 Å². The summed E-state index contributed by atoms with van der Waals surface area (Å²) in [6.45, 7) is 4.84. The molecule has 0 saturated carbocycles. The van der Waals surface area contributed by atoms with Crippen LogP contribution < -0.4 is 0 Å². The molecule has 0 N–H and O–H groups in total. The number of nitrogens with zero attached hydrogens (tertiary/aromatic N) is 3. The molecule has 0 bridgehead atoms. The molecule has 120 valence electrons. The lowest BCUT2D eigenvalue weighted by atomic mass is 10.1. The number of aromatic nitrogens is 3. The zero-order chi connectivity index (χ0) is 16.4. The molecule has 6 heteroatoms. The fourth-order valence-electron chi connectivity index (χ4n) is 2.64. The average molecular weight is 329 g/mol. The molecule has 0 aliphatic carbocycles. The van der Waals surface area contributed by atoms with Crippen molar-refractivity contribution < 1.29 is 9.53 Å². The molecule has 3 heterocycles. The maximum absolute atomic E-state index is 12.2. The minimum atomic E-state index is -0.353. The molecule has 0 amide bonds. The van der Waals surface area contributed by atoms with Crippen LogP contribution in [0.1, 0.15) is 35.8 Å². The van der Waals surface area contributed by atoms with Gasteiger partial charge in [-0.25, -0.2) is 14.5 Å². The molecule has 0 aliphatic rings. The molecule has 0 spiro atoms. The quantitative estimate of drug-likeness (QED) is 0.663. The van der Waals surface area contributed by atoms with Gasteiger partial charge in [0.15, 0.2) is 5.65 Å². The van der Waals surface area contributed by atoms with E-state index in [0.717, 1.165) is 46.7 Å². The van der Waals surface area contributed by atoms with Crippen LogP contribution in [-0.2, 0) is 11.3 Å². The number of rotatable bonds is 5. The van der Waals surface area contributed by atoms with Crippen molar-refractivity contribution in [3.8, 4) is 10.6 Å². The molecule has 3 aromatic rings. The van der Waals surface area contributed by atoms with Gasteiger partial charge in [0.1, 0.15) is 0 Å². The normalized spacial score (nSPS) is 11.1. The van der Waals surface area contributed by atoms with Crippen LogP contribution in [-0.4, -0.2) is 27.8 Å². The number of methoxy groups -OCH3 is 1. The van der Waals surface area contributed by atoms with Gasteiger partial charge < -0.3 is 4.74 Å². The van der Waals surface area contributed by atoms with Crippen LogP contribution in [0.2, 0.25) is 0 Å². The summed E-state index contributed by atoms with van der Waals surface area (Å²) in [5.41, 5.74) is 2.87. The molecule has 5 nitrogen and oxygen atoms in total. The van der Waals surface area contributed by atoms with E-state index >= 15 is 0 Å². The number of thiophene rings is 1. The fourth-order valence-corrected chi connectivity index (χ4v) is 3.32. The van der Waals surface area contributed by atoms with Crippen molar-refractivity contribution in [1.29, 1.82) is 0 Å². The van der Waals surface area contributed by atoms with Crippen LogP contribution in [0, 0.1) is 6.92 Å². The molecular formula is C17H19N3O2S. The van der Waals surface area contributed by atoms with E-state index in [9.17, 15) is 4.79 Å². The second kappa shape index (κ2) is 6.50. The minimum Gasteiger partial charge on any atom is -0.465 e. The van der Waals surface area contributed by atoms with Crippen molar-refractivity contribution in [3.05, 3.63) is 34.8 Å². The summed E-state index contributed by atoms with van der Waals surface area (Å²) in [4.78, 5) is 18.0. The lowest BCUT2D eigenvalue weighted by Gasteiger charge is -2.07. The molecule has 0 radical (unpaired) electrons. The van der Waals surface area contributed by atoms with Crippen molar-refractivity contribution >= 4 is 28.3 Å². The highest BCUT2D eigenvalue weighted by atomic mass is 32.1. The first-order valence-electron chi connectivity index (χ1n) is 7.66. The number of hydrogen-bond donors (Lipinski definition) is 0. The summed E-state index contributed by atoms with van der Waals surface area (Å²) < 4.78 is 6.86. The zero-order valence-corrected chi connectivity index (χ0v) is 14.3. The van der Waals surface area contributed by atoms with E-state index in [1.807, 2.05) is 29.1 Å². The van der Waals surface area contributed by atoms with Crippen LogP contribution >= 0.6 is 11.3 Å². The van der Waals surface area contributed by atoms with Gasteiger partial charge in [-0.05, 0) is 30.9 Å². The number of carbonyl (C=O) groups is 1. The van der Waals surface area contributed by atoms with Gasteiger partial charge in [-0.3, -0.25) is 0 Å². The van der Waals surface area contributed by atoms with Crippen LogP contribution in [0.3, 0.4) is 0 Å². The first-order chi connectivity index (χ1) is 11.2. The maximum atomic E-state index is 12.2. The van der Waals surface area contributed by atoms with Crippen molar-refractivity contribution in [3.63, 3.8) is 0 Å². The molecular weight excluding hydrogens is 310 g/mol. The van der Waals surface area contributed by atoms with Gasteiger partial charge in [0.25, 0.3) is 0 Å². The summed E-state index contributed by atoms with van der Waals surface area (Å²) in [5, 5.41) is 7.36. The summed E-state index contributed by atoms with van der Waals surface area (Å²) in [6.07, 6.45) is 2.10. The van der Waals surface area contributed by atoms with E-state index in [2.05, 4.69) is 12.0 Å². The van der Waals surface area contributed by atoms with Crippen molar-refractivity contribution in [1.82, 2.24) is 14.8 Å². The summed E-state index contributed by atoms with van der Waals surface area (Å²) in [7, 11) is 1.40. The zero-order valence-electron chi connectivity index (χ0n) is 13.5. The highest BCUT2D eigenvalue weighted by Gasteiger charge is 2.20. The second-order valence-electron chi connectivity index (χ2n) is 5.38. The first kappa shape index (κ1) is 15.7. The average Bonchev–Trinajstić information content (AvgIpc) is 3.20. The minimum absolute atomic E-state index is 0.353. The van der Waals surface area contributed by atoms with Gasteiger partial charge >= 0.3 is 5.97 Å². The van der Waals surface area contributed by atoms with Gasteiger partial charge in [0.05, 0.1) is 34.3 Å². The molecule has 0 unspecified atom stereocenters. The Hall–Kier alpha value is -2.21.